The number of ether oxygens (including phenoxy) is 1. The van der Waals surface area contributed by atoms with Crippen LogP contribution in [-0.2, 0) is 0 Å². The maximum Gasteiger partial charge on any atom is 0.321 e. The van der Waals surface area contributed by atoms with Crippen molar-refractivity contribution >= 4 is 11.7 Å². The van der Waals surface area contributed by atoms with Gasteiger partial charge in [0, 0.05) is 30.9 Å². The number of amides is 2. The van der Waals surface area contributed by atoms with Gasteiger partial charge in [0.25, 0.3) is 0 Å². The fourth-order valence-electron chi connectivity index (χ4n) is 2.26. The van der Waals surface area contributed by atoms with Crippen LogP contribution in [0.4, 0.5) is 14.9 Å². The molecule has 0 spiro atoms. The highest BCUT2D eigenvalue weighted by molar-refractivity contribution is 5.89. The summed E-state index contributed by atoms with van der Waals surface area (Å²) in [5.41, 5.74) is 0.562. The topological polar surface area (TPSA) is 67.4 Å². The van der Waals surface area contributed by atoms with E-state index in [0.29, 0.717) is 24.7 Å². The molecule has 0 aliphatic carbocycles. The number of nitrogens with one attached hydrogen (secondary N) is 1. The molecule has 1 fully saturated rings. The van der Waals surface area contributed by atoms with Crippen molar-refractivity contribution in [2.24, 2.45) is 0 Å². The fraction of sp³-hybridized carbons (Fsp3) is 0.267. The second-order valence-corrected chi connectivity index (χ2v) is 4.96. The number of likely N-dealkylation sites (tertiary alicyclic amines) is 1. The second kappa shape index (κ2) is 6.38. The molecule has 2 heterocycles. The summed E-state index contributed by atoms with van der Waals surface area (Å²) in [4.78, 5) is 21.6. The smallest absolute Gasteiger partial charge is 0.321 e. The third kappa shape index (κ3) is 3.49. The Kier molecular flexibility index (Phi) is 4.13. The number of nitrogens with zero attached hydrogens (tertiary/aromatic N) is 3. The molecule has 0 bridgehead atoms. The molecule has 1 aromatic heterocycles. The molecule has 1 N–H and O–H groups in total. The molecule has 0 saturated carbocycles. The van der Waals surface area contributed by atoms with E-state index in [1.807, 2.05) is 0 Å². The zero-order valence-corrected chi connectivity index (χ0v) is 11.8. The molecule has 7 heteroatoms. The molecule has 2 aromatic rings. The van der Waals surface area contributed by atoms with E-state index in [-0.39, 0.29) is 18.0 Å². The van der Waals surface area contributed by atoms with Gasteiger partial charge in [-0.3, -0.25) is 0 Å². The van der Waals surface area contributed by atoms with Crippen LogP contribution in [0.25, 0.3) is 0 Å². The quantitative estimate of drug-likeness (QED) is 0.944. The van der Waals surface area contributed by atoms with Crippen molar-refractivity contribution in [3.63, 3.8) is 0 Å². The standard InChI is InChI=1S/C15H15FN4O2/c16-11-1-3-12(4-2-11)19-15(21)20-8-6-13(9-20)22-14-5-7-17-10-18-14/h1-5,7,10,13H,6,8-9H2,(H,19,21)/t13-/m1/s1. The zero-order chi connectivity index (χ0) is 15.4. The second-order valence-electron chi connectivity index (χ2n) is 4.96. The van der Waals surface area contributed by atoms with Crippen molar-refractivity contribution in [2.45, 2.75) is 12.5 Å². The van der Waals surface area contributed by atoms with Crippen LogP contribution in [0.2, 0.25) is 0 Å². The van der Waals surface area contributed by atoms with Crippen LogP contribution in [0.15, 0.2) is 42.9 Å². The van der Waals surface area contributed by atoms with E-state index in [1.165, 1.54) is 30.6 Å². The Morgan fingerprint density at radius 3 is 2.86 bits per heavy atom. The van der Waals surface area contributed by atoms with Crippen LogP contribution in [0, 0.1) is 5.82 Å². The number of carbonyl (C=O) groups excluding carboxylic acids is 1. The number of rotatable bonds is 3. The van der Waals surface area contributed by atoms with E-state index >= 15 is 0 Å². The Bertz CT molecular complexity index is 636. The SMILES string of the molecule is O=C(Nc1ccc(F)cc1)N1CC[C@@H](Oc2ccncn2)C1. The van der Waals surface area contributed by atoms with Gasteiger partial charge in [-0.15, -0.1) is 0 Å². The monoisotopic (exact) mass is 302 g/mol. The number of hydrogen-bond acceptors (Lipinski definition) is 4. The highest BCUT2D eigenvalue weighted by atomic mass is 19.1. The van der Waals surface area contributed by atoms with Gasteiger partial charge in [-0.2, -0.15) is 0 Å². The third-order valence-electron chi connectivity index (χ3n) is 3.37. The average molecular weight is 302 g/mol. The molecule has 1 aromatic carbocycles. The summed E-state index contributed by atoms with van der Waals surface area (Å²) in [6.07, 6.45) is 3.68. The van der Waals surface area contributed by atoms with Crippen LogP contribution in [0.1, 0.15) is 6.42 Å². The Balaban J connectivity index is 1.53. The van der Waals surface area contributed by atoms with E-state index in [1.54, 1.807) is 17.2 Å². The van der Waals surface area contributed by atoms with Crippen molar-refractivity contribution in [1.29, 1.82) is 0 Å². The van der Waals surface area contributed by atoms with Gasteiger partial charge in [0.2, 0.25) is 5.88 Å². The average Bonchev–Trinajstić information content (AvgIpc) is 2.99. The van der Waals surface area contributed by atoms with Crippen molar-refractivity contribution in [2.75, 3.05) is 18.4 Å². The number of hydrogen-bond donors (Lipinski definition) is 1. The predicted octanol–water partition coefficient (Wildman–Crippen LogP) is 2.30. The highest BCUT2D eigenvalue weighted by Crippen LogP contribution is 2.17. The number of anilines is 1. The molecule has 114 valence electrons. The summed E-state index contributed by atoms with van der Waals surface area (Å²) in [5, 5.41) is 2.73. The normalized spacial score (nSPS) is 17.3. The van der Waals surface area contributed by atoms with Gasteiger partial charge in [0.1, 0.15) is 18.2 Å². The largest absolute Gasteiger partial charge is 0.472 e. The lowest BCUT2D eigenvalue weighted by Crippen LogP contribution is -2.34. The first-order valence-corrected chi connectivity index (χ1v) is 6.95. The van der Waals surface area contributed by atoms with E-state index < -0.39 is 0 Å². The Morgan fingerprint density at radius 2 is 2.14 bits per heavy atom. The van der Waals surface area contributed by atoms with Gasteiger partial charge in [0.05, 0.1) is 6.54 Å². The highest BCUT2D eigenvalue weighted by Gasteiger charge is 2.27. The molecular weight excluding hydrogens is 287 g/mol. The summed E-state index contributed by atoms with van der Waals surface area (Å²) in [7, 11) is 0. The van der Waals surface area contributed by atoms with Crippen LogP contribution >= 0.6 is 0 Å². The number of carbonyl (C=O) groups is 1. The molecule has 22 heavy (non-hydrogen) atoms. The molecule has 1 aliphatic heterocycles. The lowest BCUT2D eigenvalue weighted by atomic mass is 10.3. The molecule has 3 rings (SSSR count). The molecule has 0 unspecified atom stereocenters. The molecular formula is C15H15FN4O2. The predicted molar refractivity (Wildman–Crippen MR) is 78.1 cm³/mol. The van der Waals surface area contributed by atoms with E-state index in [4.69, 9.17) is 4.74 Å². The summed E-state index contributed by atoms with van der Waals surface area (Å²) in [5.74, 6) is 0.165. The summed E-state index contributed by atoms with van der Waals surface area (Å²) < 4.78 is 18.5. The van der Waals surface area contributed by atoms with Crippen molar-refractivity contribution in [3.05, 3.63) is 48.7 Å². The maximum absolute atomic E-state index is 12.8. The van der Waals surface area contributed by atoms with Gasteiger partial charge in [-0.25, -0.2) is 19.2 Å². The molecule has 1 saturated heterocycles. The molecule has 1 aliphatic rings. The summed E-state index contributed by atoms with van der Waals surface area (Å²) in [6.45, 7) is 1.08. The third-order valence-corrected chi connectivity index (χ3v) is 3.37. The van der Waals surface area contributed by atoms with Crippen LogP contribution in [0.5, 0.6) is 5.88 Å². The first-order chi connectivity index (χ1) is 10.7. The number of benzene rings is 1. The molecule has 0 radical (unpaired) electrons. The van der Waals surface area contributed by atoms with E-state index in [9.17, 15) is 9.18 Å². The van der Waals surface area contributed by atoms with Gasteiger partial charge in [0.15, 0.2) is 0 Å². The Morgan fingerprint density at radius 1 is 1.32 bits per heavy atom. The molecule has 2 amide bonds. The van der Waals surface area contributed by atoms with Crippen LogP contribution < -0.4 is 10.1 Å². The van der Waals surface area contributed by atoms with Crippen molar-refractivity contribution in [3.8, 4) is 5.88 Å². The Labute approximate surface area is 126 Å². The first-order valence-electron chi connectivity index (χ1n) is 6.95. The lowest BCUT2D eigenvalue weighted by molar-refractivity contribution is 0.189. The van der Waals surface area contributed by atoms with Crippen LogP contribution in [0.3, 0.4) is 0 Å². The van der Waals surface area contributed by atoms with Gasteiger partial charge < -0.3 is 15.0 Å². The van der Waals surface area contributed by atoms with Gasteiger partial charge >= 0.3 is 6.03 Å². The zero-order valence-electron chi connectivity index (χ0n) is 11.8. The summed E-state index contributed by atoms with van der Waals surface area (Å²) in [6, 6.07) is 7.12. The summed E-state index contributed by atoms with van der Waals surface area (Å²) >= 11 is 0. The van der Waals surface area contributed by atoms with E-state index in [0.717, 1.165) is 6.42 Å². The van der Waals surface area contributed by atoms with Gasteiger partial charge in [-0.05, 0) is 24.3 Å². The first kappa shape index (κ1) is 14.2. The Hall–Kier alpha value is -2.70. The van der Waals surface area contributed by atoms with Gasteiger partial charge in [-0.1, -0.05) is 0 Å². The molecule has 1 atom stereocenters. The van der Waals surface area contributed by atoms with Crippen LogP contribution in [-0.4, -0.2) is 40.1 Å². The minimum absolute atomic E-state index is 0.0890. The maximum atomic E-state index is 12.8. The number of aromatic nitrogens is 2. The number of urea groups is 1. The lowest BCUT2D eigenvalue weighted by Gasteiger charge is -2.17. The minimum Gasteiger partial charge on any atom is -0.472 e. The van der Waals surface area contributed by atoms with Crippen molar-refractivity contribution in [1.82, 2.24) is 14.9 Å². The number of halogens is 1. The minimum atomic E-state index is -0.336. The molecule has 6 nitrogen and oxygen atoms in total. The van der Waals surface area contributed by atoms with E-state index in [2.05, 4.69) is 15.3 Å². The van der Waals surface area contributed by atoms with Crippen molar-refractivity contribution < 1.29 is 13.9 Å². The fourth-order valence-corrected chi connectivity index (χ4v) is 2.26.